The molecule has 0 atom stereocenters. The first-order valence-corrected chi connectivity index (χ1v) is 12.2. The van der Waals surface area contributed by atoms with Crippen molar-refractivity contribution in [1.82, 2.24) is 0 Å². The number of benzene rings is 3. The van der Waals surface area contributed by atoms with Crippen molar-refractivity contribution in [2.24, 2.45) is 0 Å². The van der Waals surface area contributed by atoms with Gasteiger partial charge in [0, 0.05) is 9.92 Å². The molecule has 3 rings (SSSR count). The molecule has 9 heteroatoms. The Bertz CT molecular complexity index is 1160. The van der Waals surface area contributed by atoms with Crippen LogP contribution in [0.1, 0.15) is 0 Å². The number of thioether (sulfide) groups is 1. The summed E-state index contributed by atoms with van der Waals surface area (Å²) in [5.74, 6) is -0.498. The minimum absolute atomic E-state index is 0.0494. The lowest BCUT2D eigenvalue weighted by Crippen LogP contribution is -2.38. The van der Waals surface area contributed by atoms with Crippen LogP contribution in [0.5, 0.6) is 0 Å². The lowest BCUT2D eigenvalue weighted by molar-refractivity contribution is -0.114. The van der Waals surface area contributed by atoms with E-state index >= 15 is 0 Å². The van der Waals surface area contributed by atoms with Crippen molar-refractivity contribution in [3.05, 3.63) is 82.8 Å². The third-order valence-electron chi connectivity index (χ3n) is 4.18. The molecule has 0 aliphatic rings. The highest BCUT2D eigenvalue weighted by Gasteiger charge is 2.29. The molecule has 1 amide bonds. The van der Waals surface area contributed by atoms with Gasteiger partial charge in [0.1, 0.15) is 6.54 Å². The van der Waals surface area contributed by atoms with Crippen LogP contribution in [0.15, 0.2) is 82.6 Å². The molecule has 0 fully saturated rings. The van der Waals surface area contributed by atoms with Crippen LogP contribution in [-0.4, -0.2) is 27.1 Å². The zero-order chi connectivity index (χ0) is 21.7. The van der Waals surface area contributed by atoms with Crippen molar-refractivity contribution >= 4 is 62.3 Å². The average molecular weight is 481 g/mol. The van der Waals surface area contributed by atoms with Crippen molar-refractivity contribution in [2.75, 3.05) is 22.4 Å². The fourth-order valence-electron chi connectivity index (χ4n) is 2.77. The normalized spacial score (nSPS) is 11.2. The highest BCUT2D eigenvalue weighted by molar-refractivity contribution is 7.98. The first-order valence-electron chi connectivity index (χ1n) is 8.78. The van der Waals surface area contributed by atoms with Crippen LogP contribution >= 0.6 is 35.0 Å². The molecule has 0 saturated carbocycles. The molecule has 0 bridgehead atoms. The van der Waals surface area contributed by atoms with E-state index in [1.165, 1.54) is 42.1 Å². The predicted octanol–water partition coefficient (Wildman–Crippen LogP) is 5.55. The second-order valence-corrected chi connectivity index (χ2v) is 9.72. The number of rotatable bonds is 7. The van der Waals surface area contributed by atoms with E-state index in [4.69, 9.17) is 23.2 Å². The Kier molecular flexibility index (Phi) is 7.31. The third kappa shape index (κ3) is 5.10. The number of para-hydroxylation sites is 1. The highest BCUT2D eigenvalue weighted by atomic mass is 35.5. The number of anilines is 2. The molecule has 0 unspecified atom stereocenters. The van der Waals surface area contributed by atoms with Crippen molar-refractivity contribution < 1.29 is 13.2 Å². The molecule has 3 aromatic carbocycles. The molecule has 156 valence electrons. The van der Waals surface area contributed by atoms with Gasteiger partial charge in [0.05, 0.1) is 21.3 Å². The second kappa shape index (κ2) is 9.75. The average Bonchev–Trinajstić information content (AvgIpc) is 2.73. The Morgan fingerprint density at radius 2 is 1.67 bits per heavy atom. The zero-order valence-electron chi connectivity index (χ0n) is 15.9. The largest absolute Gasteiger partial charge is 0.323 e. The van der Waals surface area contributed by atoms with Gasteiger partial charge in [-0.15, -0.1) is 11.8 Å². The summed E-state index contributed by atoms with van der Waals surface area (Å²) in [4.78, 5) is 13.7. The number of hydrogen-bond acceptors (Lipinski definition) is 4. The van der Waals surface area contributed by atoms with E-state index in [9.17, 15) is 13.2 Å². The van der Waals surface area contributed by atoms with E-state index in [2.05, 4.69) is 5.32 Å². The van der Waals surface area contributed by atoms with Crippen molar-refractivity contribution in [2.45, 2.75) is 9.79 Å². The fraction of sp³-hybridized carbons (Fsp3) is 0.0952. The predicted molar refractivity (Wildman–Crippen MR) is 124 cm³/mol. The molecule has 0 aliphatic carbocycles. The van der Waals surface area contributed by atoms with E-state index in [0.717, 1.165) is 9.20 Å². The number of nitrogens with zero attached hydrogens (tertiary/aromatic N) is 1. The number of halogens is 2. The summed E-state index contributed by atoms with van der Waals surface area (Å²) < 4.78 is 27.6. The van der Waals surface area contributed by atoms with Crippen molar-refractivity contribution in [1.29, 1.82) is 0 Å². The SMILES string of the molecule is CSc1ccccc1NC(=O)CN(c1ccc(Cl)cc1Cl)S(=O)(=O)c1ccccc1. The fourth-order valence-corrected chi connectivity index (χ4v) is 5.35. The van der Waals surface area contributed by atoms with Gasteiger partial charge in [-0.1, -0.05) is 53.5 Å². The van der Waals surface area contributed by atoms with Gasteiger partial charge in [-0.2, -0.15) is 0 Å². The Balaban J connectivity index is 1.98. The zero-order valence-corrected chi connectivity index (χ0v) is 19.0. The van der Waals surface area contributed by atoms with Crippen LogP contribution in [0.4, 0.5) is 11.4 Å². The van der Waals surface area contributed by atoms with Crippen molar-refractivity contribution in [3.63, 3.8) is 0 Å². The lowest BCUT2D eigenvalue weighted by Gasteiger charge is -2.25. The Hall–Kier alpha value is -2.19. The Morgan fingerprint density at radius 3 is 2.33 bits per heavy atom. The standard InChI is InChI=1S/C21H18Cl2N2O3S2/c1-29-20-10-6-5-9-18(20)24-21(26)14-25(19-12-11-15(22)13-17(19)23)30(27,28)16-7-3-2-4-8-16/h2-13H,14H2,1H3,(H,24,26). The van der Waals surface area contributed by atoms with E-state index in [0.29, 0.717) is 10.7 Å². The van der Waals surface area contributed by atoms with Crippen LogP contribution in [0.3, 0.4) is 0 Å². The summed E-state index contributed by atoms with van der Waals surface area (Å²) >= 11 is 13.7. The summed E-state index contributed by atoms with van der Waals surface area (Å²) in [5, 5.41) is 3.27. The second-order valence-electron chi connectivity index (χ2n) is 6.17. The number of nitrogens with one attached hydrogen (secondary N) is 1. The van der Waals surface area contributed by atoms with Crippen LogP contribution in [0.2, 0.25) is 10.0 Å². The van der Waals surface area contributed by atoms with Gasteiger partial charge in [0.25, 0.3) is 10.0 Å². The van der Waals surface area contributed by atoms with Crippen LogP contribution < -0.4 is 9.62 Å². The first-order chi connectivity index (χ1) is 14.3. The van der Waals surface area contributed by atoms with Crippen LogP contribution in [-0.2, 0) is 14.8 Å². The number of amides is 1. The molecule has 0 saturated heterocycles. The van der Waals surface area contributed by atoms with Gasteiger partial charge >= 0.3 is 0 Å². The van der Waals surface area contributed by atoms with Gasteiger partial charge in [-0.25, -0.2) is 8.42 Å². The van der Waals surface area contributed by atoms with E-state index < -0.39 is 22.5 Å². The summed E-state index contributed by atoms with van der Waals surface area (Å²) in [6, 6.07) is 19.6. The van der Waals surface area contributed by atoms with Crippen molar-refractivity contribution in [3.8, 4) is 0 Å². The highest BCUT2D eigenvalue weighted by Crippen LogP contribution is 2.33. The first kappa shape index (κ1) is 22.5. The maximum atomic E-state index is 13.3. The molecule has 0 aliphatic heterocycles. The Morgan fingerprint density at radius 1 is 1.00 bits per heavy atom. The summed E-state index contributed by atoms with van der Waals surface area (Å²) in [6.45, 7) is -0.457. The molecule has 0 aromatic heterocycles. The third-order valence-corrected chi connectivity index (χ3v) is 7.29. The minimum atomic E-state index is -4.05. The van der Waals surface area contributed by atoms with E-state index in [1.54, 1.807) is 30.3 Å². The smallest absolute Gasteiger partial charge is 0.264 e. The van der Waals surface area contributed by atoms with Gasteiger partial charge < -0.3 is 5.32 Å². The topological polar surface area (TPSA) is 66.5 Å². The molecule has 5 nitrogen and oxygen atoms in total. The molecular formula is C21H18Cl2N2O3S2. The molecular weight excluding hydrogens is 463 g/mol. The molecule has 0 radical (unpaired) electrons. The van der Waals surface area contributed by atoms with Gasteiger partial charge in [-0.3, -0.25) is 9.10 Å². The monoisotopic (exact) mass is 480 g/mol. The van der Waals surface area contributed by atoms with Gasteiger partial charge in [0.15, 0.2) is 0 Å². The van der Waals surface area contributed by atoms with Gasteiger partial charge in [0.2, 0.25) is 5.91 Å². The number of carbonyl (C=O) groups excluding carboxylic acids is 1. The quantitative estimate of drug-likeness (QED) is 0.450. The summed E-state index contributed by atoms with van der Waals surface area (Å²) in [6.07, 6.45) is 1.89. The van der Waals surface area contributed by atoms with E-state index in [-0.39, 0.29) is 15.6 Å². The molecule has 0 heterocycles. The summed E-state index contributed by atoms with van der Waals surface area (Å²) in [7, 11) is -4.05. The lowest BCUT2D eigenvalue weighted by atomic mass is 10.3. The molecule has 3 aromatic rings. The Labute approximate surface area is 190 Å². The van der Waals surface area contributed by atoms with E-state index in [1.807, 2.05) is 18.4 Å². The number of hydrogen-bond donors (Lipinski definition) is 1. The number of sulfonamides is 1. The minimum Gasteiger partial charge on any atom is -0.323 e. The number of carbonyl (C=O) groups is 1. The summed E-state index contributed by atoms with van der Waals surface area (Å²) in [5.41, 5.74) is 0.771. The van der Waals surface area contributed by atoms with Crippen LogP contribution in [0.25, 0.3) is 0 Å². The maximum absolute atomic E-state index is 13.3. The molecule has 0 spiro atoms. The molecule has 1 N–H and O–H groups in total. The maximum Gasteiger partial charge on any atom is 0.264 e. The molecule has 30 heavy (non-hydrogen) atoms. The van der Waals surface area contributed by atoms with Crippen LogP contribution in [0, 0.1) is 0 Å². The van der Waals surface area contributed by atoms with Gasteiger partial charge in [-0.05, 0) is 48.7 Å².